The summed E-state index contributed by atoms with van der Waals surface area (Å²) in [6.45, 7) is 13.9. The second-order valence-electron chi connectivity index (χ2n) is 10.2. The van der Waals surface area contributed by atoms with Gasteiger partial charge in [0, 0.05) is 0 Å². The molecule has 0 aliphatic rings. The minimum absolute atomic E-state index is 0.177. The molecule has 0 unspecified atom stereocenters. The third-order valence-electron chi connectivity index (χ3n) is 5.88. The summed E-state index contributed by atoms with van der Waals surface area (Å²) in [5, 5.41) is 0. The number of hydrogen-bond donors (Lipinski definition) is 0. The van der Waals surface area contributed by atoms with E-state index in [9.17, 15) is 0 Å². The number of aryl methyl sites for hydroxylation is 2. The van der Waals surface area contributed by atoms with Gasteiger partial charge in [-0.05, 0) is 0 Å². The Hall–Kier alpha value is -1.09. The third kappa shape index (κ3) is 4.85. The molecule has 27 heavy (non-hydrogen) atoms. The number of rotatable bonds is 5. The zero-order valence-corrected chi connectivity index (χ0v) is 21.4. The van der Waals surface area contributed by atoms with E-state index in [0.29, 0.717) is 5.92 Å². The van der Waals surface area contributed by atoms with Gasteiger partial charge in [-0.3, -0.25) is 0 Å². The standard InChI is InChI=1S/C25H40GeN/c1-11-19(12-2)20-14-13-18(3)21(15-20)24-16-23(26(7,8)9)22(17-27(24)10)25(4,5)6/h13-17,19H,11-12H2,1-10H3/q+1. The van der Waals surface area contributed by atoms with Crippen LogP contribution in [-0.4, -0.2) is 13.3 Å². The van der Waals surface area contributed by atoms with Crippen molar-refractivity contribution in [3.63, 3.8) is 0 Å². The summed E-state index contributed by atoms with van der Waals surface area (Å²) in [7, 11) is 2.22. The summed E-state index contributed by atoms with van der Waals surface area (Å²) in [6.07, 6.45) is 4.82. The van der Waals surface area contributed by atoms with Crippen molar-refractivity contribution in [1.82, 2.24) is 0 Å². The first-order chi connectivity index (χ1) is 12.4. The molecule has 2 aromatic rings. The van der Waals surface area contributed by atoms with E-state index in [-0.39, 0.29) is 5.41 Å². The maximum absolute atomic E-state index is 2.53. The second-order valence-corrected chi connectivity index (χ2v) is 20.8. The Labute approximate surface area is 170 Å². The van der Waals surface area contributed by atoms with Crippen molar-refractivity contribution in [2.24, 2.45) is 7.05 Å². The fourth-order valence-electron chi connectivity index (χ4n) is 4.06. The van der Waals surface area contributed by atoms with Crippen molar-refractivity contribution in [3.05, 3.63) is 47.2 Å². The van der Waals surface area contributed by atoms with Gasteiger partial charge in [0.1, 0.15) is 0 Å². The monoisotopic (exact) mass is 428 g/mol. The van der Waals surface area contributed by atoms with Gasteiger partial charge >= 0.3 is 171 Å². The Morgan fingerprint density at radius 3 is 2.07 bits per heavy atom. The van der Waals surface area contributed by atoms with Crippen LogP contribution in [0.25, 0.3) is 11.3 Å². The molecule has 1 heterocycles. The average Bonchev–Trinajstić information content (AvgIpc) is 2.55. The molecule has 0 N–H and O–H groups in total. The molecule has 1 aromatic carbocycles. The molecule has 0 fully saturated rings. The molecule has 0 atom stereocenters. The number of pyridine rings is 1. The van der Waals surface area contributed by atoms with Gasteiger partial charge in [0.25, 0.3) is 0 Å². The zero-order valence-electron chi connectivity index (χ0n) is 19.3. The van der Waals surface area contributed by atoms with Crippen molar-refractivity contribution in [2.75, 3.05) is 0 Å². The third-order valence-corrected chi connectivity index (χ3v) is 10.1. The molecule has 1 aromatic heterocycles. The van der Waals surface area contributed by atoms with Crippen LogP contribution < -0.4 is 8.96 Å². The van der Waals surface area contributed by atoms with E-state index in [1.807, 2.05) is 0 Å². The molecule has 0 saturated heterocycles. The Kier molecular flexibility index (Phi) is 6.67. The van der Waals surface area contributed by atoms with Gasteiger partial charge in [-0.2, -0.15) is 0 Å². The van der Waals surface area contributed by atoms with Crippen LogP contribution in [0.1, 0.15) is 70.1 Å². The van der Waals surface area contributed by atoms with Gasteiger partial charge < -0.3 is 0 Å². The van der Waals surface area contributed by atoms with Crippen molar-refractivity contribution in [3.8, 4) is 11.3 Å². The molecule has 2 heteroatoms. The summed E-state index contributed by atoms with van der Waals surface area (Å²) < 4.78 is 4.00. The molecule has 1 nitrogen and oxygen atoms in total. The van der Waals surface area contributed by atoms with Crippen LogP contribution in [-0.2, 0) is 12.5 Å². The predicted octanol–water partition coefficient (Wildman–Crippen LogP) is 6.23. The first-order valence-electron chi connectivity index (χ1n) is 10.6. The Bertz CT molecular complexity index is 802. The summed E-state index contributed by atoms with van der Waals surface area (Å²) >= 11 is -2.01. The molecular weight excluding hydrogens is 387 g/mol. The number of aromatic nitrogens is 1. The van der Waals surface area contributed by atoms with Gasteiger partial charge in [-0.1, -0.05) is 0 Å². The Morgan fingerprint density at radius 2 is 1.59 bits per heavy atom. The van der Waals surface area contributed by atoms with Crippen LogP contribution in [0.3, 0.4) is 0 Å². The molecule has 0 saturated carbocycles. The van der Waals surface area contributed by atoms with Crippen LogP contribution in [0.5, 0.6) is 0 Å². The SMILES string of the molecule is CCC(CC)c1ccc(C)c(-c2c[c]([Ge]([CH3])([CH3])[CH3])c(C(C)(C)C)c[n+]2C)c1. The summed E-state index contributed by atoms with van der Waals surface area (Å²) in [5.74, 6) is 8.20. The van der Waals surface area contributed by atoms with Crippen molar-refractivity contribution in [1.29, 1.82) is 0 Å². The topological polar surface area (TPSA) is 3.88 Å². The molecule has 0 spiro atoms. The van der Waals surface area contributed by atoms with Gasteiger partial charge in [0.2, 0.25) is 0 Å². The average molecular weight is 427 g/mol. The molecule has 0 radical (unpaired) electrons. The molecule has 0 amide bonds. The number of benzene rings is 1. The molecular formula is C25H40GeN+. The van der Waals surface area contributed by atoms with Gasteiger partial charge in [-0.15, -0.1) is 0 Å². The van der Waals surface area contributed by atoms with E-state index in [2.05, 4.69) is 101 Å². The normalized spacial score (nSPS) is 12.7. The van der Waals surface area contributed by atoms with Crippen LogP contribution in [0.15, 0.2) is 30.5 Å². The molecule has 2 rings (SSSR count). The number of hydrogen-bond acceptors (Lipinski definition) is 0. The van der Waals surface area contributed by atoms with E-state index in [1.165, 1.54) is 40.8 Å². The van der Waals surface area contributed by atoms with Gasteiger partial charge in [0.05, 0.1) is 0 Å². The van der Waals surface area contributed by atoms with Crippen molar-refractivity contribution < 1.29 is 4.57 Å². The predicted molar refractivity (Wildman–Crippen MR) is 123 cm³/mol. The Morgan fingerprint density at radius 1 is 1.00 bits per heavy atom. The fourth-order valence-corrected chi connectivity index (χ4v) is 7.88. The molecule has 0 bridgehead atoms. The quantitative estimate of drug-likeness (QED) is 0.393. The van der Waals surface area contributed by atoms with Crippen molar-refractivity contribution >= 4 is 17.7 Å². The van der Waals surface area contributed by atoms with Gasteiger partial charge in [0.15, 0.2) is 0 Å². The second kappa shape index (κ2) is 8.11. The Balaban J connectivity index is 2.75. The molecule has 0 aliphatic carbocycles. The molecule has 0 aliphatic heterocycles. The van der Waals surface area contributed by atoms with Crippen molar-refractivity contribution in [2.45, 2.75) is 83.0 Å². The van der Waals surface area contributed by atoms with Crippen LogP contribution in [0.2, 0.25) is 17.3 Å². The maximum atomic E-state index is 2.53. The van der Waals surface area contributed by atoms with E-state index >= 15 is 0 Å². The zero-order chi connectivity index (χ0) is 20.6. The van der Waals surface area contributed by atoms with Crippen LogP contribution >= 0.6 is 0 Å². The molecule has 148 valence electrons. The first kappa shape index (κ1) is 22.2. The van der Waals surface area contributed by atoms with E-state index < -0.39 is 13.3 Å². The van der Waals surface area contributed by atoms with Crippen LogP contribution in [0, 0.1) is 6.92 Å². The van der Waals surface area contributed by atoms with E-state index in [4.69, 9.17) is 0 Å². The van der Waals surface area contributed by atoms with E-state index in [0.717, 1.165) is 0 Å². The van der Waals surface area contributed by atoms with Crippen LogP contribution in [0.4, 0.5) is 0 Å². The first-order valence-corrected chi connectivity index (χ1v) is 17.9. The minimum atomic E-state index is -2.01. The number of nitrogens with zero attached hydrogens (tertiary/aromatic N) is 1. The summed E-state index contributed by atoms with van der Waals surface area (Å²) in [6, 6.07) is 9.64. The van der Waals surface area contributed by atoms with E-state index in [1.54, 1.807) is 4.40 Å². The van der Waals surface area contributed by atoms with Gasteiger partial charge in [-0.25, -0.2) is 0 Å². The summed E-state index contributed by atoms with van der Waals surface area (Å²) in [4.78, 5) is 0. The fraction of sp³-hybridized carbons (Fsp3) is 0.560. The summed E-state index contributed by atoms with van der Waals surface area (Å²) in [5.41, 5.74) is 7.32.